The minimum absolute atomic E-state index is 0.0674. The molecular formula is C14H20N2O4. The van der Waals surface area contributed by atoms with Crippen LogP contribution in [0.5, 0.6) is 0 Å². The minimum atomic E-state index is -0.892. The largest absolute Gasteiger partial charge is 0.512 e. The van der Waals surface area contributed by atoms with E-state index in [0.29, 0.717) is 6.42 Å². The van der Waals surface area contributed by atoms with Gasteiger partial charge in [-0.05, 0) is 19.3 Å². The number of imide groups is 1. The number of rotatable bonds is 4. The molecule has 1 heterocycles. The molecule has 2 amide bonds. The number of amides is 2. The summed E-state index contributed by atoms with van der Waals surface area (Å²) in [6, 6.07) is -0.798. The average molecular weight is 280 g/mol. The summed E-state index contributed by atoms with van der Waals surface area (Å²) in [6.07, 6.45) is 0.579. The SMILES string of the molecule is CCCC(=O)C(=O)N1C(=O)/C(=C(/C)O)C(=N)[C@@H]1C(C)C. The monoisotopic (exact) mass is 280 g/mol. The molecule has 0 aromatic rings. The van der Waals surface area contributed by atoms with Crippen molar-refractivity contribution in [2.24, 2.45) is 5.92 Å². The molecule has 0 bridgehead atoms. The van der Waals surface area contributed by atoms with E-state index in [1.807, 2.05) is 0 Å². The minimum Gasteiger partial charge on any atom is -0.512 e. The molecule has 0 unspecified atom stereocenters. The van der Waals surface area contributed by atoms with Crippen molar-refractivity contribution in [2.45, 2.75) is 46.6 Å². The number of nitrogens with one attached hydrogen (secondary N) is 1. The molecule has 110 valence electrons. The van der Waals surface area contributed by atoms with Gasteiger partial charge >= 0.3 is 0 Å². The molecule has 1 rings (SSSR count). The first-order valence-electron chi connectivity index (χ1n) is 6.63. The first-order valence-corrected chi connectivity index (χ1v) is 6.63. The number of allylic oxidation sites excluding steroid dienone is 1. The number of hydrogen-bond acceptors (Lipinski definition) is 5. The lowest BCUT2D eigenvalue weighted by molar-refractivity contribution is -0.151. The van der Waals surface area contributed by atoms with Crippen LogP contribution in [-0.4, -0.2) is 39.4 Å². The van der Waals surface area contributed by atoms with Crippen LogP contribution < -0.4 is 0 Å². The number of carbonyl (C=O) groups excluding carboxylic acids is 3. The molecule has 0 aliphatic carbocycles. The molecule has 0 saturated carbocycles. The Bertz CT molecular complexity index is 501. The lowest BCUT2D eigenvalue weighted by Crippen LogP contribution is -2.46. The molecule has 0 aromatic carbocycles. The third-order valence-corrected chi connectivity index (χ3v) is 3.20. The highest BCUT2D eigenvalue weighted by molar-refractivity contribution is 6.44. The second kappa shape index (κ2) is 5.98. The maximum atomic E-state index is 12.2. The Labute approximate surface area is 118 Å². The molecule has 1 aliphatic heterocycles. The highest BCUT2D eigenvalue weighted by atomic mass is 16.3. The number of nitrogens with zero attached hydrogens (tertiary/aromatic N) is 1. The van der Waals surface area contributed by atoms with Crippen LogP contribution in [0.3, 0.4) is 0 Å². The van der Waals surface area contributed by atoms with E-state index in [4.69, 9.17) is 5.41 Å². The Morgan fingerprint density at radius 1 is 1.40 bits per heavy atom. The highest BCUT2D eigenvalue weighted by Gasteiger charge is 2.47. The molecule has 1 atom stereocenters. The summed E-state index contributed by atoms with van der Waals surface area (Å²) in [4.78, 5) is 36.9. The van der Waals surface area contributed by atoms with Crippen molar-refractivity contribution in [3.63, 3.8) is 0 Å². The number of likely N-dealkylation sites (tertiary alicyclic amines) is 1. The molecule has 1 fully saturated rings. The lowest BCUT2D eigenvalue weighted by Gasteiger charge is -2.24. The predicted molar refractivity (Wildman–Crippen MR) is 73.4 cm³/mol. The number of carbonyl (C=O) groups is 3. The van der Waals surface area contributed by atoms with Crippen LogP contribution in [0.15, 0.2) is 11.3 Å². The van der Waals surface area contributed by atoms with Gasteiger partial charge in [0.2, 0.25) is 5.78 Å². The Kier molecular flexibility index (Phi) is 4.81. The molecule has 0 aromatic heterocycles. The zero-order chi connectivity index (χ0) is 15.6. The van der Waals surface area contributed by atoms with Crippen molar-refractivity contribution >= 4 is 23.3 Å². The number of aliphatic hydroxyl groups is 1. The first kappa shape index (κ1) is 16.1. The Balaban J connectivity index is 3.26. The Morgan fingerprint density at radius 3 is 2.35 bits per heavy atom. The van der Waals surface area contributed by atoms with Crippen molar-refractivity contribution in [1.29, 1.82) is 5.41 Å². The number of aliphatic hydroxyl groups excluding tert-OH is 1. The van der Waals surface area contributed by atoms with Gasteiger partial charge in [-0.15, -0.1) is 0 Å². The standard InChI is InChI=1S/C14H20N2O4/c1-5-6-9(18)13(19)16-12(7(2)3)11(15)10(8(4)17)14(16)20/h7,12,15,17H,5-6H2,1-4H3/b10-8-,15-11?/t12-/m0/s1. The van der Waals surface area contributed by atoms with Crippen LogP contribution in [0.1, 0.15) is 40.5 Å². The van der Waals surface area contributed by atoms with Gasteiger partial charge in [0.15, 0.2) is 0 Å². The van der Waals surface area contributed by atoms with Crippen LogP contribution >= 0.6 is 0 Å². The summed E-state index contributed by atoms with van der Waals surface area (Å²) in [5.74, 6) is -2.80. The van der Waals surface area contributed by atoms with Crippen LogP contribution in [-0.2, 0) is 14.4 Å². The molecule has 20 heavy (non-hydrogen) atoms. The van der Waals surface area contributed by atoms with Gasteiger partial charge in [0.05, 0.1) is 11.8 Å². The van der Waals surface area contributed by atoms with Gasteiger partial charge in [0, 0.05) is 6.42 Å². The second-order valence-electron chi connectivity index (χ2n) is 5.22. The van der Waals surface area contributed by atoms with Crippen molar-refractivity contribution in [2.75, 3.05) is 0 Å². The first-order chi connectivity index (χ1) is 9.23. The average Bonchev–Trinajstić information content (AvgIpc) is 2.59. The zero-order valence-corrected chi connectivity index (χ0v) is 12.2. The van der Waals surface area contributed by atoms with E-state index in [1.54, 1.807) is 20.8 Å². The smallest absolute Gasteiger partial charge is 0.297 e. The maximum absolute atomic E-state index is 12.2. The van der Waals surface area contributed by atoms with Gasteiger partial charge in [-0.1, -0.05) is 20.8 Å². The van der Waals surface area contributed by atoms with E-state index in [2.05, 4.69) is 0 Å². The lowest BCUT2D eigenvalue weighted by atomic mass is 9.97. The fourth-order valence-corrected chi connectivity index (χ4v) is 2.31. The van der Waals surface area contributed by atoms with Crippen molar-refractivity contribution in [1.82, 2.24) is 4.90 Å². The Hall–Kier alpha value is -1.98. The normalized spacial score (nSPS) is 21.6. The molecule has 6 heteroatoms. The summed E-state index contributed by atoms with van der Waals surface area (Å²) < 4.78 is 0. The zero-order valence-electron chi connectivity index (χ0n) is 12.2. The second-order valence-corrected chi connectivity index (χ2v) is 5.22. The molecular weight excluding hydrogens is 260 g/mol. The van der Waals surface area contributed by atoms with E-state index < -0.39 is 23.6 Å². The van der Waals surface area contributed by atoms with Crippen molar-refractivity contribution in [3.8, 4) is 0 Å². The number of hydrogen-bond donors (Lipinski definition) is 2. The molecule has 6 nitrogen and oxygen atoms in total. The van der Waals surface area contributed by atoms with Gasteiger partial charge in [-0.3, -0.25) is 19.3 Å². The van der Waals surface area contributed by atoms with Crippen LogP contribution in [0, 0.1) is 11.3 Å². The topological polar surface area (TPSA) is 98.5 Å². The van der Waals surface area contributed by atoms with E-state index in [0.717, 1.165) is 4.90 Å². The van der Waals surface area contributed by atoms with Gasteiger partial charge in [0.1, 0.15) is 11.3 Å². The summed E-state index contributed by atoms with van der Waals surface area (Å²) in [5.41, 5.74) is -0.288. The van der Waals surface area contributed by atoms with E-state index in [1.165, 1.54) is 6.92 Å². The van der Waals surface area contributed by atoms with Crippen molar-refractivity contribution in [3.05, 3.63) is 11.3 Å². The molecule has 0 spiro atoms. The summed E-state index contributed by atoms with van der Waals surface area (Å²) in [5, 5.41) is 17.5. The van der Waals surface area contributed by atoms with Crippen LogP contribution in [0.4, 0.5) is 0 Å². The quantitative estimate of drug-likeness (QED) is 0.464. The molecule has 1 aliphatic rings. The maximum Gasteiger partial charge on any atom is 0.297 e. The molecule has 1 saturated heterocycles. The van der Waals surface area contributed by atoms with Crippen LogP contribution in [0.25, 0.3) is 0 Å². The molecule has 2 N–H and O–H groups in total. The highest BCUT2D eigenvalue weighted by Crippen LogP contribution is 2.28. The number of ketones is 1. The summed E-state index contributed by atoms with van der Waals surface area (Å²) in [6.45, 7) is 6.57. The van der Waals surface area contributed by atoms with E-state index >= 15 is 0 Å². The fraction of sp³-hybridized carbons (Fsp3) is 0.571. The van der Waals surface area contributed by atoms with E-state index in [-0.39, 0.29) is 29.4 Å². The van der Waals surface area contributed by atoms with E-state index in [9.17, 15) is 19.5 Å². The number of Topliss-reactive ketones (excluding diaryl/α,β-unsaturated/α-hetero) is 1. The summed E-state index contributed by atoms with van der Waals surface area (Å²) in [7, 11) is 0. The summed E-state index contributed by atoms with van der Waals surface area (Å²) >= 11 is 0. The predicted octanol–water partition coefficient (Wildman–Crippen LogP) is 1.60. The van der Waals surface area contributed by atoms with Gasteiger partial charge in [0.25, 0.3) is 11.8 Å². The van der Waals surface area contributed by atoms with Gasteiger partial charge in [-0.25, -0.2) is 0 Å². The van der Waals surface area contributed by atoms with Gasteiger partial charge < -0.3 is 10.5 Å². The Morgan fingerprint density at radius 2 is 1.95 bits per heavy atom. The van der Waals surface area contributed by atoms with Crippen molar-refractivity contribution < 1.29 is 19.5 Å². The third-order valence-electron chi connectivity index (χ3n) is 3.20. The molecule has 0 radical (unpaired) electrons. The van der Waals surface area contributed by atoms with Gasteiger partial charge in [-0.2, -0.15) is 0 Å². The fourth-order valence-electron chi connectivity index (χ4n) is 2.31. The van der Waals surface area contributed by atoms with Crippen LogP contribution in [0.2, 0.25) is 0 Å². The third kappa shape index (κ3) is 2.64.